The van der Waals surface area contributed by atoms with Crippen molar-refractivity contribution in [2.45, 2.75) is 20.3 Å². The Bertz CT molecular complexity index is 3550. The fraction of sp³-hybridized carbons (Fsp3) is 0.0526. The molecule has 0 atom stereocenters. The average Bonchev–Trinajstić information content (AvgIpc) is 3.93. The molecule has 0 aliphatic heterocycles. The minimum Gasteiger partial charge on any atom is -0.313 e. The van der Waals surface area contributed by atoms with Gasteiger partial charge in [0.25, 0.3) is 0 Å². The fourth-order valence-electron chi connectivity index (χ4n) is 9.49. The molecule has 0 bridgehead atoms. The SMILES string of the molecule is C=CC/C(=C\C=C/C)n1c2ccccc2c2cc(-c3ccc4c(c3)c3cc(-c5ccc6c(c5)c5ccccc5n6-c5cccc(C)c5)ccc3n4-c3ccccc3)ccc21. The molecule has 0 N–H and O–H groups in total. The number of para-hydroxylation sites is 3. The second-order valence-electron chi connectivity index (χ2n) is 15.8. The minimum atomic E-state index is 0.772. The molecule has 0 unspecified atom stereocenters. The summed E-state index contributed by atoms with van der Waals surface area (Å²) < 4.78 is 7.20. The smallest absolute Gasteiger partial charge is 0.0541 e. The third kappa shape index (κ3) is 5.66. The van der Waals surface area contributed by atoms with Gasteiger partial charge in [0, 0.05) is 55.8 Å². The van der Waals surface area contributed by atoms with E-state index in [1.807, 2.05) is 6.08 Å². The van der Waals surface area contributed by atoms with Crippen LogP contribution in [0.15, 0.2) is 207 Å². The van der Waals surface area contributed by atoms with E-state index in [1.165, 1.54) is 105 Å². The molecule has 60 heavy (non-hydrogen) atoms. The van der Waals surface area contributed by atoms with E-state index in [9.17, 15) is 0 Å². The Hall–Kier alpha value is -7.62. The Kier molecular flexibility index (Phi) is 8.49. The van der Waals surface area contributed by atoms with E-state index in [2.05, 4.69) is 228 Å². The number of nitrogens with zero attached hydrogens (tertiary/aromatic N) is 3. The van der Waals surface area contributed by atoms with E-state index in [0.717, 1.165) is 12.1 Å². The quantitative estimate of drug-likeness (QED) is 0.108. The Morgan fingerprint density at radius 3 is 1.48 bits per heavy atom. The van der Waals surface area contributed by atoms with Crippen LogP contribution >= 0.6 is 0 Å². The topological polar surface area (TPSA) is 14.8 Å². The molecule has 0 spiro atoms. The Morgan fingerprint density at radius 2 is 0.900 bits per heavy atom. The highest BCUT2D eigenvalue weighted by Gasteiger charge is 2.18. The average molecular weight is 770 g/mol. The molecule has 0 radical (unpaired) electrons. The van der Waals surface area contributed by atoms with Crippen molar-refractivity contribution in [3.8, 4) is 33.6 Å². The van der Waals surface area contributed by atoms with E-state index in [4.69, 9.17) is 0 Å². The molecule has 0 aliphatic carbocycles. The van der Waals surface area contributed by atoms with Gasteiger partial charge in [-0.2, -0.15) is 0 Å². The maximum absolute atomic E-state index is 4.08. The first kappa shape index (κ1) is 35.5. The predicted octanol–water partition coefficient (Wildman–Crippen LogP) is 15.6. The number of rotatable bonds is 8. The highest BCUT2D eigenvalue weighted by molar-refractivity contribution is 6.15. The summed E-state index contributed by atoms with van der Waals surface area (Å²) >= 11 is 0. The van der Waals surface area contributed by atoms with Crippen LogP contribution in [0.3, 0.4) is 0 Å². The predicted molar refractivity (Wildman–Crippen MR) is 258 cm³/mol. The van der Waals surface area contributed by atoms with Gasteiger partial charge in [-0.3, -0.25) is 0 Å². The molecule has 0 amide bonds. The first-order valence-electron chi connectivity index (χ1n) is 20.8. The van der Waals surface area contributed by atoms with E-state index in [-0.39, 0.29) is 0 Å². The van der Waals surface area contributed by atoms with Crippen molar-refractivity contribution in [2.75, 3.05) is 0 Å². The summed E-state index contributed by atoms with van der Waals surface area (Å²) in [5.74, 6) is 0. The van der Waals surface area contributed by atoms with Crippen LogP contribution in [0, 0.1) is 6.92 Å². The minimum absolute atomic E-state index is 0.772. The summed E-state index contributed by atoms with van der Waals surface area (Å²) in [6.45, 7) is 8.29. The molecule has 3 nitrogen and oxygen atoms in total. The first-order valence-corrected chi connectivity index (χ1v) is 20.8. The maximum Gasteiger partial charge on any atom is 0.0541 e. The van der Waals surface area contributed by atoms with Gasteiger partial charge < -0.3 is 13.7 Å². The van der Waals surface area contributed by atoms with E-state index < -0.39 is 0 Å². The van der Waals surface area contributed by atoms with E-state index in [1.54, 1.807) is 0 Å². The number of aryl methyl sites for hydroxylation is 1. The van der Waals surface area contributed by atoms with Crippen molar-refractivity contribution in [3.63, 3.8) is 0 Å². The molecule has 0 saturated carbocycles. The zero-order chi connectivity index (χ0) is 40.3. The van der Waals surface area contributed by atoms with Gasteiger partial charge in [0.2, 0.25) is 0 Å². The summed E-state index contributed by atoms with van der Waals surface area (Å²) in [7, 11) is 0. The lowest BCUT2D eigenvalue weighted by molar-refractivity contribution is 1.14. The number of hydrogen-bond donors (Lipinski definition) is 0. The van der Waals surface area contributed by atoms with Gasteiger partial charge in [-0.15, -0.1) is 6.58 Å². The third-order valence-electron chi connectivity index (χ3n) is 12.2. The van der Waals surface area contributed by atoms with Crippen molar-refractivity contribution in [3.05, 3.63) is 212 Å². The van der Waals surface area contributed by atoms with Gasteiger partial charge in [0.15, 0.2) is 0 Å². The molecule has 0 saturated heterocycles. The van der Waals surface area contributed by atoms with Crippen molar-refractivity contribution < 1.29 is 0 Å². The molecule has 3 heteroatoms. The fourth-order valence-corrected chi connectivity index (χ4v) is 9.49. The number of fused-ring (bicyclic) bond motifs is 9. The molecule has 11 rings (SSSR count). The lowest BCUT2D eigenvalue weighted by Crippen LogP contribution is -1.96. The van der Waals surface area contributed by atoms with Crippen LogP contribution in [0.4, 0.5) is 0 Å². The molecular formula is C57H43N3. The van der Waals surface area contributed by atoms with Gasteiger partial charge in [-0.25, -0.2) is 0 Å². The maximum atomic E-state index is 4.08. The van der Waals surface area contributed by atoms with Crippen LogP contribution in [0.25, 0.3) is 105 Å². The number of hydrogen-bond acceptors (Lipinski definition) is 0. The normalized spacial score (nSPS) is 12.3. The Labute approximate surface area is 349 Å². The summed E-state index contributed by atoms with van der Waals surface area (Å²) in [6.07, 6.45) is 9.15. The van der Waals surface area contributed by atoms with Crippen molar-refractivity contribution in [1.82, 2.24) is 13.7 Å². The van der Waals surface area contributed by atoms with Gasteiger partial charge in [0.05, 0.1) is 33.1 Å². The highest BCUT2D eigenvalue weighted by Crippen LogP contribution is 2.41. The second kappa shape index (κ2) is 14.3. The monoisotopic (exact) mass is 769 g/mol. The lowest BCUT2D eigenvalue weighted by Gasteiger charge is -2.11. The van der Waals surface area contributed by atoms with Gasteiger partial charge >= 0.3 is 0 Å². The summed E-state index contributed by atoms with van der Waals surface area (Å²) in [4.78, 5) is 0. The number of benzene rings is 8. The van der Waals surface area contributed by atoms with E-state index in [0.29, 0.717) is 0 Å². The second-order valence-corrected chi connectivity index (χ2v) is 15.8. The van der Waals surface area contributed by atoms with Crippen LogP contribution in [-0.2, 0) is 0 Å². The molecule has 0 aliphatic rings. The molecule has 11 aromatic rings. The molecule has 8 aromatic carbocycles. The summed E-state index contributed by atoms with van der Waals surface area (Å²) in [5, 5.41) is 7.46. The summed E-state index contributed by atoms with van der Waals surface area (Å²) in [5.41, 5.74) is 16.8. The van der Waals surface area contributed by atoms with Crippen LogP contribution in [-0.4, -0.2) is 13.7 Å². The largest absolute Gasteiger partial charge is 0.313 e. The van der Waals surface area contributed by atoms with E-state index >= 15 is 0 Å². The number of allylic oxidation sites excluding steroid dienone is 5. The van der Waals surface area contributed by atoms with Crippen LogP contribution in [0.2, 0.25) is 0 Å². The highest BCUT2D eigenvalue weighted by atomic mass is 15.0. The third-order valence-corrected chi connectivity index (χ3v) is 12.2. The van der Waals surface area contributed by atoms with Crippen molar-refractivity contribution >= 4 is 71.1 Å². The number of aromatic nitrogens is 3. The Balaban J connectivity index is 1.10. The summed E-state index contributed by atoms with van der Waals surface area (Å²) in [6, 6.07) is 64.9. The van der Waals surface area contributed by atoms with Crippen LogP contribution < -0.4 is 0 Å². The molecule has 286 valence electrons. The van der Waals surface area contributed by atoms with Gasteiger partial charge in [-0.05, 0) is 133 Å². The van der Waals surface area contributed by atoms with Crippen LogP contribution in [0.5, 0.6) is 0 Å². The Morgan fingerprint density at radius 1 is 0.450 bits per heavy atom. The van der Waals surface area contributed by atoms with Gasteiger partial charge in [-0.1, -0.05) is 109 Å². The van der Waals surface area contributed by atoms with Crippen molar-refractivity contribution in [2.24, 2.45) is 0 Å². The van der Waals surface area contributed by atoms with Crippen LogP contribution in [0.1, 0.15) is 18.9 Å². The molecule has 0 fully saturated rings. The molecule has 3 heterocycles. The first-order chi connectivity index (χ1) is 29.6. The lowest BCUT2D eigenvalue weighted by atomic mass is 9.98. The molecular weight excluding hydrogens is 727 g/mol. The van der Waals surface area contributed by atoms with Gasteiger partial charge in [0.1, 0.15) is 0 Å². The van der Waals surface area contributed by atoms with Crippen molar-refractivity contribution in [1.29, 1.82) is 0 Å². The zero-order valence-corrected chi connectivity index (χ0v) is 33.8. The molecule has 3 aromatic heterocycles. The zero-order valence-electron chi connectivity index (χ0n) is 33.8. The standard InChI is InChI=1S/C57H43N3/c1-4-6-17-43(15-5-2)58-52-23-12-10-21-46(52)48-34-39(25-29-54(48)58)41-27-31-56-50(36-41)51-37-42(28-32-57(51)59(56)44-18-8-7-9-19-44)40-26-30-55-49(35-40)47-22-11-13-24-53(47)60(55)45-20-14-16-38(3)33-45/h4-14,16-37H,2,15H2,1,3H3/b6-4-,43-17+.